The molecule has 1 aromatic rings. The molecule has 1 unspecified atom stereocenters. The minimum absolute atomic E-state index is 0.441. The minimum Gasteiger partial charge on any atom is -0.411 e. The number of likely N-dealkylation sites (tertiary alicyclic amines) is 1. The molecule has 0 bridgehead atoms. The van der Waals surface area contributed by atoms with Crippen molar-refractivity contribution in [1.29, 1.82) is 0 Å². The molecule has 1 fully saturated rings. The maximum absolute atomic E-state index is 8.91. The van der Waals surface area contributed by atoms with E-state index in [1.807, 2.05) is 0 Å². The molecule has 2 heterocycles. The summed E-state index contributed by atoms with van der Waals surface area (Å²) < 4.78 is 0. The van der Waals surface area contributed by atoms with Gasteiger partial charge in [0.1, 0.15) is 0 Å². The average Bonchev–Trinajstić information content (AvgIpc) is 2.58. The highest BCUT2D eigenvalue weighted by molar-refractivity contribution is 5.04. The Labute approximate surface area is 70.6 Å². The zero-order valence-corrected chi connectivity index (χ0v) is 7.01. The Morgan fingerprint density at radius 3 is 3.00 bits per heavy atom. The number of aromatic nitrogens is 3. The van der Waals surface area contributed by atoms with Crippen molar-refractivity contribution >= 4 is 0 Å². The summed E-state index contributed by atoms with van der Waals surface area (Å²) >= 11 is 0. The van der Waals surface area contributed by atoms with E-state index in [0.717, 1.165) is 30.0 Å². The van der Waals surface area contributed by atoms with Crippen LogP contribution in [0.5, 0.6) is 0 Å². The second kappa shape index (κ2) is 2.75. The van der Waals surface area contributed by atoms with Gasteiger partial charge in [-0.2, -0.15) is 0 Å². The Kier molecular flexibility index (Phi) is 1.73. The highest BCUT2D eigenvalue weighted by atomic mass is 16.5. The molecule has 0 spiro atoms. The fraction of sp³-hybridized carbons (Fsp3) is 0.714. The fourth-order valence-electron chi connectivity index (χ4n) is 1.63. The van der Waals surface area contributed by atoms with E-state index in [-0.39, 0.29) is 0 Å². The van der Waals surface area contributed by atoms with Crippen LogP contribution in [0.3, 0.4) is 0 Å². The van der Waals surface area contributed by atoms with Crippen LogP contribution in [-0.4, -0.2) is 45.4 Å². The van der Waals surface area contributed by atoms with E-state index < -0.39 is 0 Å². The highest BCUT2D eigenvalue weighted by Crippen LogP contribution is 2.23. The standard InChI is InChI=1S/C7H12N4O/c1-10-3-2-6(4-10)7-5-11(12)9-8-7/h5-6,12H,2-4H2,1H3. The first-order valence-electron chi connectivity index (χ1n) is 4.06. The number of rotatable bonds is 1. The topological polar surface area (TPSA) is 54.2 Å². The zero-order valence-electron chi connectivity index (χ0n) is 7.01. The molecule has 66 valence electrons. The van der Waals surface area contributed by atoms with Crippen molar-refractivity contribution < 1.29 is 5.21 Å². The van der Waals surface area contributed by atoms with Crippen LogP contribution in [0.15, 0.2) is 6.20 Å². The van der Waals surface area contributed by atoms with Crippen molar-refractivity contribution in [2.24, 2.45) is 0 Å². The van der Waals surface area contributed by atoms with Crippen molar-refractivity contribution in [3.8, 4) is 0 Å². The number of nitrogens with zero attached hydrogens (tertiary/aromatic N) is 4. The lowest BCUT2D eigenvalue weighted by Crippen LogP contribution is -2.13. The molecule has 1 saturated heterocycles. The van der Waals surface area contributed by atoms with Crippen LogP contribution in [0, 0.1) is 0 Å². The molecular formula is C7H12N4O. The lowest BCUT2D eigenvalue weighted by Gasteiger charge is -2.05. The van der Waals surface area contributed by atoms with E-state index in [9.17, 15) is 0 Å². The van der Waals surface area contributed by atoms with E-state index in [0.29, 0.717) is 5.92 Å². The van der Waals surface area contributed by atoms with Crippen LogP contribution < -0.4 is 0 Å². The number of hydrogen-bond acceptors (Lipinski definition) is 4. The van der Waals surface area contributed by atoms with Crippen LogP contribution in [0.1, 0.15) is 18.0 Å². The molecule has 2 rings (SSSR count). The highest BCUT2D eigenvalue weighted by Gasteiger charge is 2.23. The Bertz CT molecular complexity index is 272. The smallest absolute Gasteiger partial charge is 0.0909 e. The predicted molar refractivity (Wildman–Crippen MR) is 42.1 cm³/mol. The molecule has 1 N–H and O–H groups in total. The van der Waals surface area contributed by atoms with E-state index in [2.05, 4.69) is 22.3 Å². The van der Waals surface area contributed by atoms with Gasteiger partial charge in [0.25, 0.3) is 0 Å². The second-order valence-corrected chi connectivity index (χ2v) is 3.31. The van der Waals surface area contributed by atoms with Gasteiger partial charge in [-0.25, -0.2) is 0 Å². The molecule has 0 aliphatic carbocycles. The van der Waals surface area contributed by atoms with Crippen LogP contribution in [-0.2, 0) is 0 Å². The molecule has 0 radical (unpaired) electrons. The summed E-state index contributed by atoms with van der Waals surface area (Å²) in [6.45, 7) is 2.11. The van der Waals surface area contributed by atoms with E-state index in [1.165, 1.54) is 0 Å². The maximum Gasteiger partial charge on any atom is 0.0909 e. The van der Waals surface area contributed by atoms with Crippen LogP contribution >= 0.6 is 0 Å². The third-order valence-electron chi connectivity index (χ3n) is 2.31. The third kappa shape index (κ3) is 1.27. The lowest BCUT2D eigenvalue weighted by molar-refractivity contribution is 0.143. The van der Waals surface area contributed by atoms with E-state index >= 15 is 0 Å². The molecule has 5 nitrogen and oxygen atoms in total. The molecule has 1 aliphatic rings. The largest absolute Gasteiger partial charge is 0.411 e. The first-order chi connectivity index (χ1) is 5.75. The fourth-order valence-corrected chi connectivity index (χ4v) is 1.63. The van der Waals surface area contributed by atoms with Crippen molar-refractivity contribution in [2.75, 3.05) is 20.1 Å². The van der Waals surface area contributed by atoms with Crippen LogP contribution in [0.4, 0.5) is 0 Å². The normalized spacial score (nSPS) is 24.9. The Morgan fingerprint density at radius 1 is 1.67 bits per heavy atom. The van der Waals surface area contributed by atoms with Crippen molar-refractivity contribution in [1.82, 2.24) is 20.1 Å². The van der Waals surface area contributed by atoms with Crippen LogP contribution in [0.2, 0.25) is 0 Å². The molecule has 1 aliphatic heterocycles. The van der Waals surface area contributed by atoms with Gasteiger partial charge in [0.2, 0.25) is 0 Å². The van der Waals surface area contributed by atoms with Crippen molar-refractivity contribution in [2.45, 2.75) is 12.3 Å². The molecule has 0 saturated carbocycles. The second-order valence-electron chi connectivity index (χ2n) is 3.31. The molecule has 1 aromatic heterocycles. The predicted octanol–water partition coefficient (Wildman–Crippen LogP) is -0.0655. The van der Waals surface area contributed by atoms with Gasteiger partial charge >= 0.3 is 0 Å². The summed E-state index contributed by atoms with van der Waals surface area (Å²) in [6.07, 6.45) is 2.68. The maximum atomic E-state index is 8.91. The Hall–Kier alpha value is -1.10. The first kappa shape index (κ1) is 7.54. The van der Waals surface area contributed by atoms with Gasteiger partial charge in [-0.15, -0.1) is 5.10 Å². The lowest BCUT2D eigenvalue weighted by atomic mass is 10.1. The number of hydrogen-bond donors (Lipinski definition) is 1. The van der Waals surface area contributed by atoms with Gasteiger partial charge in [-0.3, -0.25) is 0 Å². The summed E-state index contributed by atoms with van der Waals surface area (Å²) in [7, 11) is 2.09. The minimum atomic E-state index is 0.441. The molecule has 5 heteroatoms. The van der Waals surface area contributed by atoms with Crippen molar-refractivity contribution in [3.63, 3.8) is 0 Å². The Morgan fingerprint density at radius 2 is 2.50 bits per heavy atom. The SMILES string of the molecule is CN1CCC(c2cn(O)nn2)C1. The summed E-state index contributed by atoms with van der Waals surface area (Å²) in [4.78, 5) is 3.02. The average molecular weight is 168 g/mol. The van der Waals surface area contributed by atoms with Gasteiger partial charge < -0.3 is 10.1 Å². The third-order valence-corrected chi connectivity index (χ3v) is 2.31. The van der Waals surface area contributed by atoms with Gasteiger partial charge in [0, 0.05) is 12.5 Å². The van der Waals surface area contributed by atoms with Gasteiger partial charge in [-0.05, 0) is 25.2 Å². The molecule has 0 aromatic carbocycles. The quantitative estimate of drug-likeness (QED) is 0.597. The summed E-state index contributed by atoms with van der Waals surface area (Å²) in [5.74, 6) is 0.441. The van der Waals surface area contributed by atoms with Crippen molar-refractivity contribution in [3.05, 3.63) is 11.9 Å². The van der Waals surface area contributed by atoms with Gasteiger partial charge in [-0.1, -0.05) is 4.85 Å². The summed E-state index contributed by atoms with van der Waals surface area (Å²) in [6, 6.07) is 0. The summed E-state index contributed by atoms with van der Waals surface area (Å²) in [5, 5.41) is 16.3. The first-order valence-corrected chi connectivity index (χ1v) is 4.06. The summed E-state index contributed by atoms with van der Waals surface area (Å²) in [5.41, 5.74) is 0.891. The van der Waals surface area contributed by atoms with E-state index in [1.54, 1.807) is 6.20 Å². The molecule has 12 heavy (non-hydrogen) atoms. The molecular weight excluding hydrogens is 156 g/mol. The monoisotopic (exact) mass is 168 g/mol. The van der Waals surface area contributed by atoms with Gasteiger partial charge in [0.05, 0.1) is 11.9 Å². The van der Waals surface area contributed by atoms with E-state index in [4.69, 9.17) is 5.21 Å². The van der Waals surface area contributed by atoms with Crippen LogP contribution in [0.25, 0.3) is 0 Å². The zero-order chi connectivity index (χ0) is 8.55. The van der Waals surface area contributed by atoms with Gasteiger partial charge in [0.15, 0.2) is 0 Å². The molecule has 0 amide bonds. The molecule has 1 atom stereocenters. The Balaban J connectivity index is 2.11. The number of likely N-dealkylation sites (N-methyl/N-ethyl adjacent to an activating group) is 1.